The Morgan fingerprint density at radius 1 is 0.420 bits per heavy atom. The summed E-state index contributed by atoms with van der Waals surface area (Å²) >= 11 is 25.8. The van der Waals surface area contributed by atoms with Crippen molar-refractivity contribution in [2.75, 3.05) is 130 Å². The number of rotatable bonds is 40. The molecule has 6 unspecified atom stereocenters. The standard InChI is InChI=1S/C24H24BrF3N4O5S.C24H25BrF2N4O5S.C24H24ClF3N4O4S2.C24H25ClF2N4O5S/c1-2-37-23(35)19-17(9-32-12-24(27,28)8-14(32)10-36-11-18(33)34)30-21(22-29-5-6-38-22)31-20(19)15-4-3-13(26)7-16(15)25;1-2-36-24(34)20-18(10-31-9-14(27)7-15(31)11-35-12-19(32)33)29-22(23-28-5-6-37-23)30-21(20)16-4-3-13(26)8-17(16)25;1-2-36-23(35)19-17(9-32-12-24(27,28)8-14(32)10-37-11-18(33)34)30-21(22-29-5-6-38-22)31-20(19)15-4-3-13(26)7-16(15)25;1-2-36-24(34)20-18(10-31-9-14(27)7-15(31)11-35-12-19(32)33)29-22(23-28-5-6-37-23)30-21(20)16-4-3-13(26)8-17(16)25/h3-7,14,20H,2,8-12H2,1H3,(H,30,31)(H,33,34);3-6,8,14-15,21H,2,7,9-12H2,1H3,(H,29,30)(H,32,33);3-7,14,20H,2,8-12H2,1H3,(H,30,31)(H,33,34);3-6,8,14-15,21H,2,7,9-12H2,1H3,(H,29,30)(H,32,33)/t14?,20-;14?,15?,21-;14?,20-;14?,15?,21-/m0000/s1. The summed E-state index contributed by atoms with van der Waals surface area (Å²) in [6, 6.07) is 9.64. The van der Waals surface area contributed by atoms with E-state index in [2.05, 4.69) is 78.1 Å². The predicted molar refractivity (Wildman–Crippen MR) is 544 cm³/mol. The molecule has 8 aromatic rings. The highest BCUT2D eigenvalue weighted by Gasteiger charge is 2.50. The molecule has 4 saturated heterocycles. The minimum Gasteiger partial charge on any atom is -0.481 e. The van der Waals surface area contributed by atoms with Crippen molar-refractivity contribution in [2.24, 2.45) is 20.0 Å². The maximum Gasteiger partial charge on any atom is 0.338 e. The molecule has 16 rings (SSSR count). The Balaban J connectivity index is 0.000000167. The number of alkyl halides is 6. The number of carboxylic acids is 4. The van der Waals surface area contributed by atoms with Gasteiger partial charge < -0.3 is 74.9 Å². The number of aliphatic carboxylic acids is 4. The summed E-state index contributed by atoms with van der Waals surface area (Å²) in [4.78, 5) is 139. The summed E-state index contributed by atoms with van der Waals surface area (Å²) in [5.41, 5.74) is 3.65. The van der Waals surface area contributed by atoms with Gasteiger partial charge in [-0.3, -0.25) is 44.4 Å². The van der Waals surface area contributed by atoms with E-state index in [1.807, 2.05) is 0 Å². The van der Waals surface area contributed by atoms with E-state index < -0.39 is 189 Å². The molecule has 0 saturated carbocycles. The fourth-order valence-electron chi connectivity index (χ4n) is 17.4. The first-order valence-electron chi connectivity index (χ1n) is 46.3. The number of nitrogens with one attached hydrogen (secondary N) is 4. The van der Waals surface area contributed by atoms with Crippen LogP contribution in [0.15, 0.2) is 193 Å². The monoisotopic (exact) mass is 2360 g/mol. The number of hydrogen-bond acceptors (Lipinski definition) is 36. The van der Waals surface area contributed by atoms with E-state index in [0.717, 1.165) is 23.9 Å². The van der Waals surface area contributed by atoms with Crippen LogP contribution in [0, 0.1) is 23.3 Å². The van der Waals surface area contributed by atoms with E-state index in [1.165, 1.54) is 110 Å². The molecular formula is C96H98Br2Cl2F10N16O19S5. The van der Waals surface area contributed by atoms with Crippen LogP contribution in [0.5, 0.6) is 0 Å². The van der Waals surface area contributed by atoms with Crippen LogP contribution in [0.1, 0.15) is 120 Å². The average molecular weight is 2360 g/mol. The first-order chi connectivity index (χ1) is 71.7. The zero-order valence-electron chi connectivity index (χ0n) is 79.9. The van der Waals surface area contributed by atoms with Gasteiger partial charge in [0.25, 0.3) is 11.8 Å². The Morgan fingerprint density at radius 2 is 0.707 bits per heavy atom. The van der Waals surface area contributed by atoms with Crippen molar-refractivity contribution >= 4 is 183 Å². The molecule has 12 heterocycles. The molecule has 150 heavy (non-hydrogen) atoms. The number of carbonyl (C=O) groups excluding carboxylic acids is 4. The van der Waals surface area contributed by atoms with Crippen molar-refractivity contribution in [3.63, 3.8) is 0 Å². The maximum atomic E-state index is 14.5. The summed E-state index contributed by atoms with van der Waals surface area (Å²) in [5, 5.41) is 57.4. The third-order valence-electron chi connectivity index (χ3n) is 23.6. The van der Waals surface area contributed by atoms with Crippen molar-refractivity contribution in [2.45, 2.75) is 126 Å². The largest absolute Gasteiger partial charge is 0.481 e. The van der Waals surface area contributed by atoms with Crippen LogP contribution < -0.4 is 21.3 Å². The van der Waals surface area contributed by atoms with Crippen LogP contribution in [0.25, 0.3) is 0 Å². The zero-order valence-corrected chi connectivity index (χ0v) is 88.7. The Morgan fingerprint density at radius 3 is 0.993 bits per heavy atom. The molecule has 8 N–H and O–H groups in total. The average Bonchev–Trinajstić information content (AvgIpc) is 1.28. The number of ether oxygens (including phenoxy) is 7. The highest BCUT2D eigenvalue weighted by atomic mass is 79.9. The number of aliphatic imine (C=N–C) groups is 4. The molecule has 8 aliphatic rings. The van der Waals surface area contributed by atoms with Gasteiger partial charge in [-0.1, -0.05) is 79.3 Å². The van der Waals surface area contributed by atoms with Crippen molar-refractivity contribution in [1.82, 2.24) is 60.8 Å². The van der Waals surface area contributed by atoms with Crippen molar-refractivity contribution in [1.29, 1.82) is 0 Å². The number of carbonyl (C=O) groups is 8. The fourth-order valence-corrected chi connectivity index (χ4v) is 22.3. The summed E-state index contributed by atoms with van der Waals surface area (Å²) in [6.07, 6.45) is 3.45. The smallest absolute Gasteiger partial charge is 0.338 e. The highest BCUT2D eigenvalue weighted by molar-refractivity contribution is 9.10. The van der Waals surface area contributed by atoms with Crippen LogP contribution in [-0.4, -0.2) is 309 Å². The molecule has 54 heteroatoms. The van der Waals surface area contributed by atoms with E-state index in [9.17, 15) is 82.3 Å². The molecule has 4 aromatic heterocycles. The zero-order chi connectivity index (χ0) is 108. The Bertz CT molecular complexity index is 6070. The van der Waals surface area contributed by atoms with Crippen LogP contribution in [0.4, 0.5) is 43.9 Å². The topological polar surface area (TPSA) is 444 Å². The summed E-state index contributed by atoms with van der Waals surface area (Å²) in [6.45, 7) is 4.10. The van der Waals surface area contributed by atoms with Gasteiger partial charge in [-0.15, -0.1) is 57.1 Å². The lowest BCUT2D eigenvalue weighted by Gasteiger charge is -2.31. The number of halogens is 14. The number of aromatic nitrogens is 4. The van der Waals surface area contributed by atoms with Crippen molar-refractivity contribution in [3.8, 4) is 0 Å². The molecule has 4 aromatic carbocycles. The molecule has 0 radical (unpaired) electrons. The minimum absolute atomic E-state index is 0.00931. The second-order valence-corrected chi connectivity index (χ2v) is 41.3. The molecule has 4 fully saturated rings. The molecule has 0 aliphatic carbocycles. The van der Waals surface area contributed by atoms with Gasteiger partial charge >= 0.3 is 47.8 Å². The van der Waals surface area contributed by atoms with Crippen molar-refractivity contribution in [3.05, 3.63) is 249 Å². The van der Waals surface area contributed by atoms with Crippen LogP contribution in [-0.2, 0) is 71.5 Å². The Hall–Kier alpha value is -11.1. The summed E-state index contributed by atoms with van der Waals surface area (Å²) in [7, 11) is 0. The minimum atomic E-state index is -3.04. The number of hydrogen-bond donors (Lipinski definition) is 8. The van der Waals surface area contributed by atoms with Crippen LogP contribution >= 0.6 is 112 Å². The number of thiazole rings is 4. The van der Waals surface area contributed by atoms with Gasteiger partial charge in [0.1, 0.15) is 79.6 Å². The lowest BCUT2D eigenvalue weighted by atomic mass is 9.95. The van der Waals surface area contributed by atoms with Gasteiger partial charge in [0.15, 0.2) is 43.4 Å². The van der Waals surface area contributed by atoms with Crippen molar-refractivity contribution < 1.29 is 136 Å². The molecule has 0 spiro atoms. The number of carboxylic acid groups (broad SMARTS) is 4. The van der Waals surface area contributed by atoms with Gasteiger partial charge in [0, 0.05) is 181 Å². The number of likely N-dealkylation sites (tertiary alicyclic amines) is 4. The third kappa shape index (κ3) is 31.2. The second kappa shape index (κ2) is 53.9. The SMILES string of the molecule is CCOC(=O)C1=C(CN2CC(F)(F)CC2COCC(=O)O)NC(c2nccs2)=N[C@H]1c1ccc(F)cc1Br.CCOC(=O)C1=C(CN2CC(F)(F)CC2CSCC(=O)O)NC(c2nccs2)=N[C@H]1c1ccc(F)cc1Cl.CCOC(=O)C1=C(CN2CC(F)CC2COCC(=O)O)NC(c2nccs2)=N[C@H]1c1ccc(F)cc1Br.CCOC(=O)C1=C(CN2CC(F)CC2COCC(=O)O)NC(c2nccs2)=N[C@H]1c1ccc(F)cc1Cl. The normalized spacial score (nSPS) is 21.6. The van der Waals surface area contributed by atoms with E-state index >= 15 is 0 Å². The van der Waals surface area contributed by atoms with Gasteiger partial charge in [-0.25, -0.2) is 97.4 Å². The number of nitrogens with zero attached hydrogens (tertiary/aromatic N) is 12. The molecule has 804 valence electrons. The predicted octanol–water partition coefficient (Wildman–Crippen LogP) is 15.0. The van der Waals surface area contributed by atoms with Crippen LogP contribution in [0.2, 0.25) is 10.0 Å². The van der Waals surface area contributed by atoms with Gasteiger partial charge in [-0.05, 0) is 100 Å². The van der Waals surface area contributed by atoms with E-state index in [0.29, 0.717) is 86.0 Å². The molecular weight excluding hydrogens is 2260 g/mol. The Kier molecular flexibility index (Phi) is 41.7. The molecule has 35 nitrogen and oxygen atoms in total. The highest BCUT2D eigenvalue weighted by Crippen LogP contribution is 2.46. The molecule has 8 aliphatic heterocycles. The number of thioether (sulfide) groups is 1. The van der Waals surface area contributed by atoms with E-state index in [-0.39, 0.29) is 154 Å². The summed E-state index contributed by atoms with van der Waals surface area (Å²) in [5.74, 6) is -13.9. The first kappa shape index (κ1) is 116. The third-order valence-corrected chi connectivity index (χ3v) is 29.8. The van der Waals surface area contributed by atoms with Crippen LogP contribution in [0.3, 0.4) is 0 Å². The summed E-state index contributed by atoms with van der Waals surface area (Å²) < 4.78 is 180. The van der Waals surface area contributed by atoms with E-state index in [4.69, 9.17) is 91.8 Å². The van der Waals surface area contributed by atoms with Gasteiger partial charge in [0.2, 0.25) is 0 Å². The van der Waals surface area contributed by atoms with Gasteiger partial charge in [-0.2, -0.15) is 0 Å². The van der Waals surface area contributed by atoms with E-state index in [1.54, 1.807) is 89.9 Å². The maximum absolute atomic E-state index is 14.5. The number of benzene rings is 4. The number of amidine groups is 4. The fraction of sp³-hybridized carbons (Fsp3) is 0.417. The molecule has 10 atom stereocenters. The quantitative estimate of drug-likeness (QED) is 0.0100. The lowest BCUT2D eigenvalue weighted by Crippen LogP contribution is -2.42. The molecule has 0 bridgehead atoms. The number of esters is 4. The molecule has 0 amide bonds. The first-order valence-corrected chi connectivity index (χ1v) is 53.3. The lowest BCUT2D eigenvalue weighted by molar-refractivity contribution is -0.143. The van der Waals surface area contributed by atoms with Gasteiger partial charge in [0.05, 0.1) is 87.4 Å². The second-order valence-electron chi connectivity index (χ2n) is 34.2. The Labute approximate surface area is 898 Å².